The van der Waals surface area contributed by atoms with Gasteiger partial charge in [-0.1, -0.05) is 0 Å². The maximum absolute atomic E-state index is 8.96. The van der Waals surface area contributed by atoms with Crippen molar-refractivity contribution in [2.45, 2.75) is 0 Å². The highest BCUT2D eigenvalue weighted by Gasteiger charge is 1.61. The fraction of sp³-hybridized carbons (Fsp3) is 0. The molecule has 0 aliphatic heterocycles. The predicted octanol–water partition coefficient (Wildman–Crippen LogP) is -1.11. The standard InChI is InChI=1S/Al.BH2O2P.H/c;1-4(2)3;/h;4H,(H,2,3);. The summed E-state index contributed by atoms with van der Waals surface area (Å²) in [5, 5.41) is 0. The van der Waals surface area contributed by atoms with Gasteiger partial charge in [0.15, 0.2) is 7.57 Å². The lowest BCUT2D eigenvalue weighted by Crippen LogP contribution is -1.40. The first-order valence-electron chi connectivity index (χ1n) is 0.716. The van der Waals surface area contributed by atoms with E-state index < -0.39 is 7.91 Å². The average molecular weight is 104 g/mol. The van der Waals surface area contributed by atoms with Crippen LogP contribution in [0.25, 0.3) is 0 Å². The minimum absolute atomic E-state index is 0. The smallest absolute Gasteiger partial charge is 0.197 e. The van der Waals surface area contributed by atoms with Crippen LogP contribution in [-0.2, 0) is 4.57 Å². The molecule has 1 atom stereocenters. The molecule has 5 heteroatoms. The second-order valence-electron chi connectivity index (χ2n) is 0.338. The Morgan fingerprint density at radius 2 is 1.80 bits per heavy atom. The lowest BCUT2D eigenvalue weighted by molar-refractivity contribution is 0.518. The first-order valence-corrected chi connectivity index (χ1v) is 2.15. The van der Waals surface area contributed by atoms with E-state index >= 15 is 0 Å². The van der Waals surface area contributed by atoms with E-state index in [2.05, 4.69) is 7.57 Å². The van der Waals surface area contributed by atoms with Crippen LogP contribution in [0.3, 0.4) is 0 Å². The fourth-order valence-electron chi connectivity index (χ4n) is 0. The maximum atomic E-state index is 8.96. The van der Waals surface area contributed by atoms with E-state index in [1.165, 1.54) is 0 Å². The van der Waals surface area contributed by atoms with Gasteiger partial charge in [0.25, 0.3) is 0 Å². The zero-order chi connectivity index (χ0) is 3.58. The molecule has 0 saturated heterocycles. The Kier molecular flexibility index (Phi) is 8.85. The van der Waals surface area contributed by atoms with E-state index in [9.17, 15) is 0 Å². The molecule has 0 aromatic rings. The Morgan fingerprint density at radius 3 is 1.80 bits per heavy atom. The quantitative estimate of drug-likeness (QED) is 0.312. The van der Waals surface area contributed by atoms with Crippen LogP contribution in [0, 0.1) is 0 Å². The van der Waals surface area contributed by atoms with Gasteiger partial charge < -0.3 is 9.46 Å². The van der Waals surface area contributed by atoms with Gasteiger partial charge in [-0.25, -0.2) is 0 Å². The Balaban J connectivity index is 0. The van der Waals surface area contributed by atoms with Crippen molar-refractivity contribution >= 4 is 32.8 Å². The molecule has 0 spiro atoms. The Bertz CT molecular complexity index is 32.6. The molecule has 1 unspecified atom stereocenters. The molecule has 0 amide bonds. The molecule has 0 saturated carbocycles. The minimum atomic E-state index is -2.63. The van der Waals surface area contributed by atoms with Gasteiger partial charge in [0.2, 0.25) is 0 Å². The molecule has 0 rings (SSSR count). The summed E-state index contributed by atoms with van der Waals surface area (Å²) in [6, 6.07) is 0. The first kappa shape index (κ1) is 9.25. The lowest BCUT2D eigenvalue weighted by atomic mass is 10.8. The third-order valence-electron chi connectivity index (χ3n) is 0. The minimum Gasteiger partial charge on any atom is -0.354 e. The third-order valence-corrected chi connectivity index (χ3v) is 0. The maximum Gasteiger partial charge on any atom is 0.197 e. The zero-order valence-electron chi connectivity index (χ0n) is 2.64. The summed E-state index contributed by atoms with van der Waals surface area (Å²) in [4.78, 5) is 7.38. The molecule has 5 heavy (non-hydrogen) atoms. The van der Waals surface area contributed by atoms with E-state index in [0.717, 1.165) is 0 Å². The van der Waals surface area contributed by atoms with Gasteiger partial charge in [0, 0.05) is 0 Å². The summed E-state index contributed by atoms with van der Waals surface area (Å²) < 4.78 is 8.96. The summed E-state index contributed by atoms with van der Waals surface area (Å²) in [7, 11) is 1.58. The molecule has 0 fully saturated rings. The first-order chi connectivity index (χ1) is 1.73. The van der Waals surface area contributed by atoms with Crippen LogP contribution in [0.2, 0.25) is 0 Å². The second-order valence-corrected chi connectivity index (χ2v) is 1.01. The molecule has 1 N–H and O–H groups in total. The van der Waals surface area contributed by atoms with Crippen LogP contribution in [0.5, 0.6) is 0 Å². The summed E-state index contributed by atoms with van der Waals surface area (Å²) >= 11 is 0. The van der Waals surface area contributed by atoms with Crippen molar-refractivity contribution in [1.82, 2.24) is 0 Å². The van der Waals surface area contributed by atoms with Crippen LogP contribution in [0.15, 0.2) is 0 Å². The van der Waals surface area contributed by atoms with E-state index in [-0.39, 0.29) is 17.4 Å². The van der Waals surface area contributed by atoms with Gasteiger partial charge in [-0.05, 0) is 0 Å². The molecule has 0 aliphatic rings. The number of hydrogen-bond donors (Lipinski definition) is 1. The second kappa shape index (κ2) is 4.79. The summed E-state index contributed by atoms with van der Waals surface area (Å²) in [5.41, 5.74) is 0. The molecule has 2 nitrogen and oxygen atoms in total. The molecule has 4 radical (unpaired) electrons. The molecule has 26 valence electrons. The molecular formula is H3AlBO2P. The van der Waals surface area contributed by atoms with Crippen molar-refractivity contribution in [3.63, 3.8) is 0 Å². The summed E-state index contributed by atoms with van der Waals surface area (Å²) in [6.07, 6.45) is 0. The predicted molar refractivity (Wildman–Crippen MR) is 24.1 cm³/mol. The number of hydrogen-bond acceptors (Lipinski definition) is 1. The molecule has 0 aliphatic carbocycles. The SMILES string of the molecule is [AlH].[B][PH](=O)O. The highest BCUT2D eigenvalue weighted by Crippen LogP contribution is 1.97. The highest BCUT2D eigenvalue weighted by molar-refractivity contribution is 7.66. The van der Waals surface area contributed by atoms with Gasteiger partial charge in [-0.2, -0.15) is 0 Å². The summed E-state index contributed by atoms with van der Waals surface area (Å²) in [5.74, 6) is 0. The van der Waals surface area contributed by atoms with Crippen LogP contribution < -0.4 is 0 Å². The van der Waals surface area contributed by atoms with Crippen molar-refractivity contribution in [1.29, 1.82) is 0 Å². The van der Waals surface area contributed by atoms with Crippen molar-refractivity contribution in [2.24, 2.45) is 0 Å². The zero-order valence-corrected chi connectivity index (χ0v) is 5.05. The lowest BCUT2D eigenvalue weighted by Gasteiger charge is -1.61. The molecule has 0 aromatic heterocycles. The fourth-order valence-corrected chi connectivity index (χ4v) is 0. The van der Waals surface area contributed by atoms with Gasteiger partial charge in [-0.3, -0.25) is 0 Å². The third kappa shape index (κ3) is 60.0. The van der Waals surface area contributed by atoms with Crippen LogP contribution in [0.1, 0.15) is 0 Å². The highest BCUT2D eigenvalue weighted by atomic mass is 31.1. The Hall–Kier alpha value is 0.787. The van der Waals surface area contributed by atoms with Crippen molar-refractivity contribution < 1.29 is 9.46 Å². The molecular weight excluding hydrogens is 101 g/mol. The van der Waals surface area contributed by atoms with E-state index in [1.807, 2.05) is 0 Å². The molecule has 0 aromatic carbocycles. The molecule has 0 bridgehead atoms. The van der Waals surface area contributed by atoms with Crippen molar-refractivity contribution in [2.75, 3.05) is 0 Å². The van der Waals surface area contributed by atoms with Crippen molar-refractivity contribution in [3.05, 3.63) is 0 Å². The van der Waals surface area contributed by atoms with Crippen LogP contribution in [0.4, 0.5) is 0 Å². The monoisotopic (exact) mass is 104 g/mol. The Labute approximate surface area is 42.9 Å². The van der Waals surface area contributed by atoms with E-state index in [1.54, 1.807) is 0 Å². The van der Waals surface area contributed by atoms with E-state index in [4.69, 9.17) is 9.46 Å². The van der Waals surface area contributed by atoms with Gasteiger partial charge in [0.1, 0.15) is 7.91 Å². The number of rotatable bonds is 0. The largest absolute Gasteiger partial charge is 0.354 e. The summed E-state index contributed by atoms with van der Waals surface area (Å²) in [6.45, 7) is 0. The average Bonchev–Trinajstić information content (AvgIpc) is 0.811. The van der Waals surface area contributed by atoms with E-state index in [0.29, 0.717) is 0 Å². The topological polar surface area (TPSA) is 37.3 Å². The normalized spacial score (nSPS) is 12.2. The Morgan fingerprint density at radius 1 is 1.80 bits per heavy atom. The molecule has 0 heterocycles. The van der Waals surface area contributed by atoms with Crippen LogP contribution in [-0.4, -0.2) is 29.8 Å². The van der Waals surface area contributed by atoms with Gasteiger partial charge in [-0.15, -0.1) is 0 Å². The van der Waals surface area contributed by atoms with Crippen LogP contribution >= 0.6 is 7.91 Å². The van der Waals surface area contributed by atoms with Gasteiger partial charge >= 0.3 is 0 Å². The van der Waals surface area contributed by atoms with Gasteiger partial charge in [0.05, 0.1) is 17.4 Å². The van der Waals surface area contributed by atoms with Crippen molar-refractivity contribution in [3.8, 4) is 0 Å².